The Morgan fingerprint density at radius 2 is 2.00 bits per heavy atom. The summed E-state index contributed by atoms with van der Waals surface area (Å²) in [6, 6.07) is 5.76. The molecule has 2 aromatic rings. The van der Waals surface area contributed by atoms with E-state index in [1.807, 2.05) is 56.8 Å². The highest BCUT2D eigenvalue weighted by atomic mass is 16.1. The third-order valence-corrected chi connectivity index (χ3v) is 3.58. The highest BCUT2D eigenvalue weighted by Crippen LogP contribution is 2.10. The predicted molar refractivity (Wildman–Crippen MR) is 79.7 cm³/mol. The zero-order valence-corrected chi connectivity index (χ0v) is 12.5. The molecule has 0 aliphatic rings. The monoisotopic (exact) mass is 271 g/mol. The lowest BCUT2D eigenvalue weighted by Crippen LogP contribution is -2.23. The average molecular weight is 271 g/mol. The van der Waals surface area contributed by atoms with Crippen LogP contribution in [-0.4, -0.2) is 15.7 Å². The first-order valence-corrected chi connectivity index (χ1v) is 6.89. The van der Waals surface area contributed by atoms with E-state index in [4.69, 9.17) is 0 Å². The molecule has 106 valence electrons. The number of aromatic nitrogens is 2. The Hall–Kier alpha value is -2.10. The molecule has 0 saturated heterocycles. The van der Waals surface area contributed by atoms with Gasteiger partial charge in [-0.05, 0) is 51.0 Å². The van der Waals surface area contributed by atoms with Gasteiger partial charge in [0.05, 0.1) is 5.69 Å². The van der Waals surface area contributed by atoms with E-state index in [2.05, 4.69) is 10.4 Å². The fourth-order valence-electron chi connectivity index (χ4n) is 2.05. The Kier molecular flexibility index (Phi) is 4.23. The van der Waals surface area contributed by atoms with Gasteiger partial charge in [0.2, 0.25) is 0 Å². The van der Waals surface area contributed by atoms with Crippen LogP contribution in [0.15, 0.2) is 24.4 Å². The van der Waals surface area contributed by atoms with Crippen LogP contribution in [-0.2, 0) is 13.1 Å². The average Bonchev–Trinajstić information content (AvgIpc) is 2.79. The van der Waals surface area contributed by atoms with E-state index in [0.29, 0.717) is 12.1 Å². The molecule has 0 unspecified atom stereocenters. The van der Waals surface area contributed by atoms with Crippen LogP contribution < -0.4 is 5.32 Å². The largest absolute Gasteiger partial charge is 0.348 e. The van der Waals surface area contributed by atoms with Crippen molar-refractivity contribution in [2.24, 2.45) is 0 Å². The van der Waals surface area contributed by atoms with Crippen LogP contribution >= 0.6 is 0 Å². The number of rotatable bonds is 4. The number of carbonyl (C=O) groups excluding carboxylic acids is 1. The topological polar surface area (TPSA) is 46.9 Å². The fourth-order valence-corrected chi connectivity index (χ4v) is 2.05. The molecule has 4 nitrogen and oxygen atoms in total. The van der Waals surface area contributed by atoms with Crippen LogP contribution in [0, 0.1) is 20.8 Å². The number of aryl methyl sites for hydroxylation is 4. The number of hydrogen-bond acceptors (Lipinski definition) is 2. The number of benzene rings is 1. The van der Waals surface area contributed by atoms with Crippen LogP contribution in [0.5, 0.6) is 0 Å². The molecule has 4 heteroatoms. The van der Waals surface area contributed by atoms with Gasteiger partial charge in [-0.3, -0.25) is 9.48 Å². The fraction of sp³-hybridized carbons (Fsp3) is 0.375. The van der Waals surface area contributed by atoms with Crippen molar-refractivity contribution in [3.8, 4) is 0 Å². The van der Waals surface area contributed by atoms with Gasteiger partial charge in [0.25, 0.3) is 5.91 Å². The van der Waals surface area contributed by atoms with Crippen LogP contribution in [0.2, 0.25) is 0 Å². The molecule has 0 saturated carbocycles. The molecule has 0 spiro atoms. The summed E-state index contributed by atoms with van der Waals surface area (Å²) < 4.78 is 1.88. The van der Waals surface area contributed by atoms with Crippen LogP contribution in [0.3, 0.4) is 0 Å². The maximum Gasteiger partial charge on any atom is 0.251 e. The van der Waals surface area contributed by atoms with Gasteiger partial charge in [0.15, 0.2) is 0 Å². The molecular weight excluding hydrogens is 250 g/mol. The SMILES string of the molecule is CCn1cc(CNC(=O)c2ccc(C)c(C)c2)c(C)n1. The normalized spacial score (nSPS) is 10.6. The molecule has 1 aromatic heterocycles. The minimum atomic E-state index is -0.0447. The van der Waals surface area contributed by atoms with Gasteiger partial charge in [-0.25, -0.2) is 0 Å². The van der Waals surface area contributed by atoms with E-state index in [0.717, 1.165) is 23.4 Å². The van der Waals surface area contributed by atoms with Crippen molar-refractivity contribution in [2.75, 3.05) is 0 Å². The summed E-state index contributed by atoms with van der Waals surface area (Å²) in [6.45, 7) is 9.41. The van der Waals surface area contributed by atoms with Crippen molar-refractivity contribution in [1.82, 2.24) is 15.1 Å². The molecule has 20 heavy (non-hydrogen) atoms. The minimum Gasteiger partial charge on any atom is -0.348 e. The molecule has 0 radical (unpaired) electrons. The van der Waals surface area contributed by atoms with E-state index in [1.54, 1.807) is 0 Å². The summed E-state index contributed by atoms with van der Waals surface area (Å²) in [5.74, 6) is -0.0447. The second kappa shape index (κ2) is 5.90. The quantitative estimate of drug-likeness (QED) is 0.929. The summed E-state index contributed by atoms with van der Waals surface area (Å²) >= 11 is 0. The van der Waals surface area contributed by atoms with E-state index in [9.17, 15) is 4.79 Å². The third-order valence-electron chi connectivity index (χ3n) is 3.58. The van der Waals surface area contributed by atoms with Gasteiger partial charge < -0.3 is 5.32 Å². The van der Waals surface area contributed by atoms with E-state index in [1.165, 1.54) is 5.56 Å². The van der Waals surface area contributed by atoms with Crippen molar-refractivity contribution in [3.63, 3.8) is 0 Å². The van der Waals surface area contributed by atoms with Crippen LogP contribution in [0.1, 0.15) is 39.7 Å². The van der Waals surface area contributed by atoms with E-state index >= 15 is 0 Å². The summed E-state index contributed by atoms with van der Waals surface area (Å²) in [7, 11) is 0. The highest BCUT2D eigenvalue weighted by Gasteiger charge is 2.09. The second-order valence-electron chi connectivity index (χ2n) is 5.08. The molecule has 0 bridgehead atoms. The zero-order valence-electron chi connectivity index (χ0n) is 12.5. The smallest absolute Gasteiger partial charge is 0.251 e. The van der Waals surface area contributed by atoms with Gasteiger partial charge in [0, 0.05) is 30.4 Å². The second-order valence-corrected chi connectivity index (χ2v) is 5.08. The van der Waals surface area contributed by atoms with Gasteiger partial charge >= 0.3 is 0 Å². The van der Waals surface area contributed by atoms with Gasteiger partial charge in [0.1, 0.15) is 0 Å². The molecule has 1 amide bonds. The zero-order chi connectivity index (χ0) is 14.7. The van der Waals surface area contributed by atoms with Gasteiger partial charge in [-0.15, -0.1) is 0 Å². The third kappa shape index (κ3) is 3.07. The number of nitrogens with zero attached hydrogens (tertiary/aromatic N) is 2. The maximum atomic E-state index is 12.1. The molecule has 2 rings (SSSR count). The Morgan fingerprint density at radius 3 is 2.60 bits per heavy atom. The molecule has 1 heterocycles. The molecular formula is C16H21N3O. The molecule has 1 aromatic carbocycles. The van der Waals surface area contributed by atoms with E-state index in [-0.39, 0.29) is 5.91 Å². The standard InChI is InChI=1S/C16H21N3O/c1-5-19-10-15(13(4)18-19)9-17-16(20)14-7-6-11(2)12(3)8-14/h6-8,10H,5,9H2,1-4H3,(H,17,20). The first-order chi connectivity index (χ1) is 9.51. The van der Waals surface area contributed by atoms with Crippen LogP contribution in [0.25, 0.3) is 0 Å². The molecule has 0 aliphatic heterocycles. The lowest BCUT2D eigenvalue weighted by atomic mass is 10.1. The van der Waals surface area contributed by atoms with Crippen molar-refractivity contribution in [2.45, 2.75) is 40.8 Å². The minimum absolute atomic E-state index is 0.0447. The lowest BCUT2D eigenvalue weighted by molar-refractivity contribution is 0.0951. The van der Waals surface area contributed by atoms with Crippen molar-refractivity contribution in [3.05, 3.63) is 52.3 Å². The highest BCUT2D eigenvalue weighted by molar-refractivity contribution is 5.94. The summed E-state index contributed by atoms with van der Waals surface area (Å²) in [5.41, 5.74) is 5.05. The number of hydrogen-bond donors (Lipinski definition) is 1. The first-order valence-electron chi connectivity index (χ1n) is 6.89. The number of amides is 1. The molecule has 0 aliphatic carbocycles. The summed E-state index contributed by atoms with van der Waals surface area (Å²) in [5, 5.41) is 7.32. The van der Waals surface area contributed by atoms with Crippen molar-refractivity contribution in [1.29, 1.82) is 0 Å². The number of carbonyl (C=O) groups is 1. The van der Waals surface area contributed by atoms with Gasteiger partial charge in [-0.2, -0.15) is 5.10 Å². The first kappa shape index (κ1) is 14.3. The van der Waals surface area contributed by atoms with Crippen molar-refractivity contribution < 1.29 is 4.79 Å². The van der Waals surface area contributed by atoms with Crippen molar-refractivity contribution >= 4 is 5.91 Å². The molecule has 0 fully saturated rings. The lowest BCUT2D eigenvalue weighted by Gasteiger charge is -2.06. The Balaban J connectivity index is 2.04. The Bertz CT molecular complexity index is 629. The summed E-state index contributed by atoms with van der Waals surface area (Å²) in [6.07, 6.45) is 1.98. The van der Waals surface area contributed by atoms with Gasteiger partial charge in [-0.1, -0.05) is 6.07 Å². The number of nitrogens with one attached hydrogen (secondary N) is 1. The Morgan fingerprint density at radius 1 is 1.25 bits per heavy atom. The maximum absolute atomic E-state index is 12.1. The molecule has 0 atom stereocenters. The van der Waals surface area contributed by atoms with Crippen LogP contribution in [0.4, 0.5) is 0 Å². The summed E-state index contributed by atoms with van der Waals surface area (Å²) in [4.78, 5) is 12.1. The Labute approximate surface area is 119 Å². The van der Waals surface area contributed by atoms with E-state index < -0.39 is 0 Å². The predicted octanol–water partition coefficient (Wildman–Crippen LogP) is 2.76. The molecule has 1 N–H and O–H groups in total.